The zero-order valence-corrected chi connectivity index (χ0v) is 9.70. The Balaban J connectivity index is 4.24. The molecule has 0 aliphatic carbocycles. The number of methoxy groups -OCH3 is 2. The molecule has 1 atom stereocenters. The first-order valence-corrected chi connectivity index (χ1v) is 4.89. The van der Waals surface area contributed by atoms with Crippen LogP contribution in [0.4, 0.5) is 0 Å². The summed E-state index contributed by atoms with van der Waals surface area (Å²) in [6.45, 7) is 4.43. The molecule has 5 heteroatoms. The summed E-state index contributed by atoms with van der Waals surface area (Å²) in [5, 5.41) is 2.62. The third-order valence-corrected chi connectivity index (χ3v) is 2.01. The fourth-order valence-electron chi connectivity index (χ4n) is 1.20. The van der Waals surface area contributed by atoms with Crippen molar-refractivity contribution in [1.82, 2.24) is 5.32 Å². The van der Waals surface area contributed by atoms with Crippen LogP contribution in [0.3, 0.4) is 0 Å². The van der Waals surface area contributed by atoms with Gasteiger partial charge < -0.3 is 14.8 Å². The van der Waals surface area contributed by atoms with Crippen LogP contribution in [0, 0.1) is 11.8 Å². The van der Waals surface area contributed by atoms with Crippen molar-refractivity contribution >= 4 is 11.9 Å². The topological polar surface area (TPSA) is 64.6 Å². The lowest BCUT2D eigenvalue weighted by Crippen LogP contribution is -2.40. The lowest BCUT2D eigenvalue weighted by atomic mass is 9.95. The highest BCUT2D eigenvalue weighted by Gasteiger charge is 2.30. The highest BCUT2D eigenvalue weighted by Crippen LogP contribution is 2.12. The second-order valence-corrected chi connectivity index (χ2v) is 3.53. The van der Waals surface area contributed by atoms with Gasteiger partial charge in [-0.25, -0.2) is 0 Å². The normalized spacial score (nSPS) is 12.3. The zero-order chi connectivity index (χ0) is 11.8. The third-order valence-electron chi connectivity index (χ3n) is 2.01. The molecule has 0 aromatic rings. The Labute approximate surface area is 90.1 Å². The molecule has 0 bridgehead atoms. The maximum Gasteiger partial charge on any atom is 0.318 e. The summed E-state index contributed by atoms with van der Waals surface area (Å²) in [5.41, 5.74) is 0. The highest BCUT2D eigenvalue weighted by molar-refractivity contribution is 5.97. The van der Waals surface area contributed by atoms with Gasteiger partial charge in [-0.15, -0.1) is 0 Å². The third kappa shape index (κ3) is 4.78. The van der Waals surface area contributed by atoms with Crippen LogP contribution in [0.1, 0.15) is 13.8 Å². The van der Waals surface area contributed by atoms with E-state index in [2.05, 4.69) is 10.1 Å². The van der Waals surface area contributed by atoms with Gasteiger partial charge in [0.15, 0.2) is 0 Å². The quantitative estimate of drug-likeness (QED) is 0.392. The fourth-order valence-corrected chi connectivity index (χ4v) is 1.20. The molecule has 0 fully saturated rings. The molecular formula is C10H19NO4. The minimum atomic E-state index is -0.744. The molecule has 0 aliphatic rings. The van der Waals surface area contributed by atoms with E-state index in [1.807, 2.05) is 0 Å². The van der Waals surface area contributed by atoms with Crippen LogP contribution in [0.15, 0.2) is 0 Å². The number of carbonyl (C=O) groups excluding carboxylic acids is 2. The standard InChI is InChI=1S/C10H19NO4/c1-7(2)8(10(13)15-4)9(12)11-5-6-14-3/h7-8H,5-6H2,1-4H3,(H,11,12). The van der Waals surface area contributed by atoms with Gasteiger partial charge in [-0.1, -0.05) is 13.8 Å². The minimum Gasteiger partial charge on any atom is -0.468 e. The van der Waals surface area contributed by atoms with Crippen molar-refractivity contribution in [3.63, 3.8) is 0 Å². The molecule has 1 unspecified atom stereocenters. The van der Waals surface area contributed by atoms with Crippen LogP contribution in [-0.2, 0) is 19.1 Å². The van der Waals surface area contributed by atoms with E-state index in [9.17, 15) is 9.59 Å². The van der Waals surface area contributed by atoms with E-state index in [-0.39, 0.29) is 11.8 Å². The number of hydrogen-bond acceptors (Lipinski definition) is 4. The summed E-state index contributed by atoms with van der Waals surface area (Å²) in [6.07, 6.45) is 0. The molecule has 0 aliphatic heterocycles. The van der Waals surface area contributed by atoms with E-state index in [1.165, 1.54) is 7.11 Å². The molecule has 0 spiro atoms. The van der Waals surface area contributed by atoms with Crippen LogP contribution in [-0.4, -0.2) is 39.2 Å². The Hall–Kier alpha value is -1.10. The van der Waals surface area contributed by atoms with Gasteiger partial charge in [0, 0.05) is 13.7 Å². The smallest absolute Gasteiger partial charge is 0.318 e. The first kappa shape index (κ1) is 13.9. The van der Waals surface area contributed by atoms with E-state index in [0.29, 0.717) is 13.2 Å². The van der Waals surface area contributed by atoms with Crippen LogP contribution in [0.5, 0.6) is 0 Å². The molecule has 0 aromatic carbocycles. The lowest BCUT2D eigenvalue weighted by Gasteiger charge is -2.17. The van der Waals surface area contributed by atoms with Crippen molar-refractivity contribution in [1.29, 1.82) is 0 Å². The average molecular weight is 217 g/mol. The summed E-state index contributed by atoms with van der Waals surface area (Å²) >= 11 is 0. The molecular weight excluding hydrogens is 198 g/mol. The maximum atomic E-state index is 11.6. The molecule has 88 valence electrons. The van der Waals surface area contributed by atoms with Crippen LogP contribution in [0.25, 0.3) is 0 Å². The average Bonchev–Trinajstić information content (AvgIpc) is 2.17. The maximum absolute atomic E-state index is 11.6. The Bertz CT molecular complexity index is 215. The van der Waals surface area contributed by atoms with Crippen LogP contribution >= 0.6 is 0 Å². The van der Waals surface area contributed by atoms with Gasteiger partial charge in [-0.2, -0.15) is 0 Å². The summed E-state index contributed by atoms with van der Waals surface area (Å²) in [7, 11) is 2.83. The lowest BCUT2D eigenvalue weighted by molar-refractivity contribution is -0.151. The molecule has 0 saturated carbocycles. The Morgan fingerprint density at radius 3 is 2.27 bits per heavy atom. The summed E-state index contributed by atoms with van der Waals surface area (Å²) in [6, 6.07) is 0. The van der Waals surface area contributed by atoms with Crippen molar-refractivity contribution < 1.29 is 19.1 Å². The summed E-state index contributed by atoms with van der Waals surface area (Å²) in [5.74, 6) is -1.64. The van der Waals surface area contributed by atoms with Crippen LogP contribution in [0.2, 0.25) is 0 Å². The van der Waals surface area contributed by atoms with Crippen molar-refractivity contribution in [3.8, 4) is 0 Å². The number of ether oxygens (including phenoxy) is 2. The Morgan fingerprint density at radius 1 is 1.27 bits per heavy atom. The van der Waals surface area contributed by atoms with Gasteiger partial charge in [0.1, 0.15) is 5.92 Å². The number of carbonyl (C=O) groups is 2. The number of rotatable bonds is 6. The van der Waals surface area contributed by atoms with E-state index in [0.717, 1.165) is 0 Å². The van der Waals surface area contributed by atoms with Gasteiger partial charge in [0.05, 0.1) is 13.7 Å². The van der Waals surface area contributed by atoms with Crippen LogP contribution < -0.4 is 5.32 Å². The number of esters is 1. The number of amides is 1. The van der Waals surface area contributed by atoms with Gasteiger partial charge in [-0.05, 0) is 5.92 Å². The second kappa shape index (κ2) is 7.23. The first-order valence-electron chi connectivity index (χ1n) is 4.89. The highest BCUT2D eigenvalue weighted by atomic mass is 16.5. The fraction of sp³-hybridized carbons (Fsp3) is 0.800. The molecule has 1 amide bonds. The van der Waals surface area contributed by atoms with Crippen molar-refractivity contribution in [3.05, 3.63) is 0 Å². The molecule has 0 saturated heterocycles. The Morgan fingerprint density at radius 2 is 1.87 bits per heavy atom. The van der Waals surface area contributed by atoms with E-state index >= 15 is 0 Å². The minimum absolute atomic E-state index is 0.0833. The molecule has 1 N–H and O–H groups in total. The number of hydrogen-bond donors (Lipinski definition) is 1. The van der Waals surface area contributed by atoms with E-state index in [1.54, 1.807) is 21.0 Å². The predicted octanol–water partition coefficient (Wildman–Crippen LogP) is 0.194. The largest absolute Gasteiger partial charge is 0.468 e. The van der Waals surface area contributed by atoms with Gasteiger partial charge >= 0.3 is 5.97 Å². The molecule has 0 aromatic heterocycles. The molecule has 5 nitrogen and oxygen atoms in total. The summed E-state index contributed by atoms with van der Waals surface area (Å²) < 4.78 is 9.36. The van der Waals surface area contributed by atoms with Crippen molar-refractivity contribution in [2.75, 3.05) is 27.4 Å². The molecule has 0 heterocycles. The molecule has 0 rings (SSSR count). The predicted molar refractivity (Wildman–Crippen MR) is 55.2 cm³/mol. The molecule has 15 heavy (non-hydrogen) atoms. The zero-order valence-electron chi connectivity index (χ0n) is 9.70. The van der Waals surface area contributed by atoms with Crippen molar-refractivity contribution in [2.45, 2.75) is 13.8 Å². The van der Waals surface area contributed by atoms with E-state index in [4.69, 9.17) is 4.74 Å². The van der Waals surface area contributed by atoms with Gasteiger partial charge in [-0.3, -0.25) is 9.59 Å². The van der Waals surface area contributed by atoms with Gasteiger partial charge in [0.2, 0.25) is 5.91 Å². The van der Waals surface area contributed by atoms with E-state index < -0.39 is 11.9 Å². The molecule has 0 radical (unpaired) electrons. The monoisotopic (exact) mass is 217 g/mol. The Kier molecular flexibility index (Phi) is 6.70. The first-order chi connectivity index (χ1) is 7.04. The SMILES string of the molecule is COCCNC(=O)C(C(=O)OC)C(C)C. The second-order valence-electron chi connectivity index (χ2n) is 3.53. The van der Waals surface area contributed by atoms with Gasteiger partial charge in [0.25, 0.3) is 0 Å². The number of nitrogens with one attached hydrogen (secondary N) is 1. The van der Waals surface area contributed by atoms with Crippen molar-refractivity contribution in [2.24, 2.45) is 11.8 Å². The summed E-state index contributed by atoms with van der Waals surface area (Å²) in [4.78, 5) is 22.9.